The second kappa shape index (κ2) is 6.34. The van der Waals surface area contributed by atoms with Crippen molar-refractivity contribution in [3.05, 3.63) is 36.0 Å². The average molecular weight is 272 g/mol. The molecule has 0 aliphatic heterocycles. The van der Waals surface area contributed by atoms with Crippen molar-refractivity contribution in [2.24, 2.45) is 0 Å². The lowest BCUT2D eigenvalue weighted by atomic mass is 10.1. The normalized spacial score (nSPS) is 10.9. The van der Waals surface area contributed by atoms with Crippen LogP contribution in [0.2, 0.25) is 0 Å². The van der Waals surface area contributed by atoms with Crippen LogP contribution in [0.5, 0.6) is 0 Å². The summed E-state index contributed by atoms with van der Waals surface area (Å²) in [6.07, 6.45) is 1.76. The quantitative estimate of drug-likeness (QED) is 0.807. The number of nitrogens with zero attached hydrogens (tertiary/aromatic N) is 2. The van der Waals surface area contributed by atoms with Crippen LogP contribution in [0.1, 0.15) is 12.5 Å². The molecule has 0 radical (unpaired) electrons. The number of fused-ring (bicyclic) bond motifs is 1. The number of nitrogens with two attached hydrogens (primary N) is 1. The Morgan fingerprint density at radius 2 is 2.20 bits per heavy atom. The predicted octanol–water partition coefficient (Wildman–Crippen LogP) is 1.38. The first-order valence-electron chi connectivity index (χ1n) is 6.70. The molecule has 0 saturated carbocycles. The van der Waals surface area contributed by atoms with Crippen molar-refractivity contribution in [3.63, 3.8) is 0 Å². The third-order valence-electron chi connectivity index (χ3n) is 3.37. The van der Waals surface area contributed by atoms with E-state index in [-0.39, 0.29) is 5.91 Å². The average Bonchev–Trinajstić information content (AvgIpc) is 2.49. The fourth-order valence-corrected chi connectivity index (χ4v) is 2.18. The van der Waals surface area contributed by atoms with E-state index in [4.69, 9.17) is 5.73 Å². The maximum atomic E-state index is 11.5. The van der Waals surface area contributed by atoms with Gasteiger partial charge in [-0.05, 0) is 30.3 Å². The first kappa shape index (κ1) is 14.3. The molecule has 0 saturated heterocycles. The molecule has 1 amide bonds. The molecule has 106 valence electrons. The zero-order valence-electron chi connectivity index (χ0n) is 11.9. The first-order chi connectivity index (χ1) is 9.65. The monoisotopic (exact) mass is 272 g/mol. The molecule has 3 N–H and O–H groups in total. The molecule has 0 aliphatic rings. The van der Waals surface area contributed by atoms with Crippen LogP contribution in [0.3, 0.4) is 0 Å². The Hall–Kier alpha value is -2.14. The van der Waals surface area contributed by atoms with Gasteiger partial charge in [0.15, 0.2) is 0 Å². The van der Waals surface area contributed by atoms with Gasteiger partial charge in [0.1, 0.15) is 0 Å². The molecule has 0 unspecified atom stereocenters. The van der Waals surface area contributed by atoms with E-state index in [1.807, 2.05) is 31.2 Å². The van der Waals surface area contributed by atoms with Gasteiger partial charge in [0.2, 0.25) is 5.91 Å². The molecule has 0 bridgehead atoms. The molecular weight excluding hydrogens is 252 g/mol. The minimum absolute atomic E-state index is 0.0135. The van der Waals surface area contributed by atoms with Crippen molar-refractivity contribution in [2.45, 2.75) is 13.5 Å². The number of carbonyl (C=O) groups excluding carboxylic acids is 1. The molecule has 1 aromatic carbocycles. The Balaban J connectivity index is 2.29. The van der Waals surface area contributed by atoms with E-state index < -0.39 is 0 Å². The minimum Gasteiger partial charge on any atom is -0.398 e. The van der Waals surface area contributed by atoms with Crippen molar-refractivity contribution in [1.82, 2.24) is 15.2 Å². The summed E-state index contributed by atoms with van der Waals surface area (Å²) < 4.78 is 0. The van der Waals surface area contributed by atoms with Crippen LogP contribution in [0, 0.1) is 0 Å². The van der Waals surface area contributed by atoms with E-state index in [0.29, 0.717) is 13.1 Å². The number of anilines is 1. The van der Waals surface area contributed by atoms with Crippen LogP contribution >= 0.6 is 0 Å². The van der Waals surface area contributed by atoms with Crippen LogP contribution < -0.4 is 11.1 Å². The Morgan fingerprint density at radius 3 is 2.90 bits per heavy atom. The number of rotatable bonds is 5. The van der Waals surface area contributed by atoms with Gasteiger partial charge in [-0.2, -0.15) is 0 Å². The van der Waals surface area contributed by atoms with E-state index in [2.05, 4.69) is 15.2 Å². The van der Waals surface area contributed by atoms with E-state index in [9.17, 15) is 4.79 Å². The summed E-state index contributed by atoms with van der Waals surface area (Å²) in [5.74, 6) is 0.0135. The lowest BCUT2D eigenvalue weighted by molar-refractivity contribution is -0.121. The molecule has 2 aromatic rings. The smallest absolute Gasteiger partial charge is 0.233 e. The number of nitrogen functional groups attached to an aromatic ring is 1. The molecule has 2 rings (SSSR count). The van der Waals surface area contributed by atoms with E-state index in [1.54, 1.807) is 13.2 Å². The number of pyridine rings is 1. The van der Waals surface area contributed by atoms with Crippen LogP contribution in [-0.2, 0) is 11.3 Å². The van der Waals surface area contributed by atoms with Gasteiger partial charge in [-0.15, -0.1) is 0 Å². The number of likely N-dealkylation sites (N-methyl/N-ethyl adjacent to an activating group) is 2. The minimum atomic E-state index is 0.0135. The van der Waals surface area contributed by atoms with Crippen LogP contribution in [0.4, 0.5) is 5.69 Å². The van der Waals surface area contributed by atoms with Gasteiger partial charge < -0.3 is 11.1 Å². The first-order valence-corrected chi connectivity index (χ1v) is 6.70. The van der Waals surface area contributed by atoms with Crippen LogP contribution in [-0.4, -0.2) is 35.9 Å². The van der Waals surface area contributed by atoms with Gasteiger partial charge in [-0.25, -0.2) is 0 Å². The summed E-state index contributed by atoms with van der Waals surface area (Å²) in [7, 11) is 1.65. The highest BCUT2D eigenvalue weighted by Crippen LogP contribution is 2.23. The second-order valence-corrected chi connectivity index (χ2v) is 4.69. The maximum absolute atomic E-state index is 11.5. The molecule has 0 spiro atoms. The Labute approximate surface area is 118 Å². The van der Waals surface area contributed by atoms with Crippen molar-refractivity contribution in [1.29, 1.82) is 0 Å². The highest BCUT2D eigenvalue weighted by molar-refractivity contribution is 5.92. The molecular formula is C15H20N4O. The van der Waals surface area contributed by atoms with Crippen molar-refractivity contribution >= 4 is 22.5 Å². The number of carbonyl (C=O) groups is 1. The topological polar surface area (TPSA) is 71.2 Å². The molecule has 0 aliphatic carbocycles. The summed E-state index contributed by atoms with van der Waals surface area (Å²) in [6, 6.07) is 7.73. The highest BCUT2D eigenvalue weighted by Gasteiger charge is 2.11. The summed E-state index contributed by atoms with van der Waals surface area (Å²) in [5, 5.41) is 3.60. The zero-order valence-corrected chi connectivity index (χ0v) is 11.9. The Bertz CT molecular complexity index is 612. The number of benzene rings is 1. The van der Waals surface area contributed by atoms with Gasteiger partial charge in [0.05, 0.1) is 12.1 Å². The fourth-order valence-electron chi connectivity index (χ4n) is 2.18. The third-order valence-corrected chi connectivity index (χ3v) is 3.37. The van der Waals surface area contributed by atoms with Gasteiger partial charge in [0, 0.05) is 30.9 Å². The molecule has 5 nitrogen and oxygen atoms in total. The molecule has 5 heteroatoms. The fraction of sp³-hybridized carbons (Fsp3) is 0.333. The summed E-state index contributed by atoms with van der Waals surface area (Å²) >= 11 is 0. The van der Waals surface area contributed by atoms with Crippen LogP contribution in [0.15, 0.2) is 30.5 Å². The lowest BCUT2D eigenvalue weighted by Crippen LogP contribution is -2.35. The second-order valence-electron chi connectivity index (χ2n) is 4.69. The Kier molecular flexibility index (Phi) is 4.53. The van der Waals surface area contributed by atoms with Gasteiger partial charge in [-0.1, -0.05) is 13.0 Å². The lowest BCUT2D eigenvalue weighted by Gasteiger charge is -2.20. The SMILES string of the molecule is CCN(CC(=O)NC)Cc1ccc(N)c2cccnc12. The van der Waals surface area contributed by atoms with Crippen molar-refractivity contribution in [3.8, 4) is 0 Å². The largest absolute Gasteiger partial charge is 0.398 e. The van der Waals surface area contributed by atoms with E-state index >= 15 is 0 Å². The Morgan fingerprint density at radius 1 is 1.40 bits per heavy atom. The van der Waals surface area contributed by atoms with Gasteiger partial charge in [0.25, 0.3) is 0 Å². The number of hydrogen-bond donors (Lipinski definition) is 2. The predicted molar refractivity (Wildman–Crippen MR) is 81.2 cm³/mol. The summed E-state index contributed by atoms with van der Waals surface area (Å²) in [6.45, 7) is 3.89. The van der Waals surface area contributed by atoms with Gasteiger partial charge in [-0.3, -0.25) is 14.7 Å². The number of nitrogens with one attached hydrogen (secondary N) is 1. The maximum Gasteiger partial charge on any atom is 0.233 e. The van der Waals surface area contributed by atoms with Gasteiger partial charge >= 0.3 is 0 Å². The third kappa shape index (κ3) is 3.05. The van der Waals surface area contributed by atoms with Crippen LogP contribution in [0.25, 0.3) is 10.9 Å². The van der Waals surface area contributed by atoms with Crippen molar-refractivity contribution in [2.75, 3.05) is 25.9 Å². The number of amides is 1. The number of aromatic nitrogens is 1. The van der Waals surface area contributed by atoms with Crippen molar-refractivity contribution < 1.29 is 4.79 Å². The number of hydrogen-bond acceptors (Lipinski definition) is 4. The zero-order chi connectivity index (χ0) is 14.5. The molecule has 1 aromatic heterocycles. The molecule has 1 heterocycles. The standard InChI is InChI=1S/C15H20N4O/c1-3-19(10-14(20)17-2)9-11-6-7-13(16)12-5-4-8-18-15(11)12/h4-8H,3,9-10,16H2,1-2H3,(H,17,20). The summed E-state index contributed by atoms with van der Waals surface area (Å²) in [5.41, 5.74) is 8.69. The van der Waals surface area contributed by atoms with E-state index in [1.165, 1.54) is 0 Å². The molecule has 0 atom stereocenters. The highest BCUT2D eigenvalue weighted by atomic mass is 16.1. The summed E-state index contributed by atoms with van der Waals surface area (Å²) in [4.78, 5) is 18.0. The molecule has 0 fully saturated rings. The van der Waals surface area contributed by atoms with E-state index in [0.717, 1.165) is 28.7 Å². The molecule has 20 heavy (non-hydrogen) atoms.